The number of halogens is 1. The number of amides is 1. The summed E-state index contributed by atoms with van der Waals surface area (Å²) in [5.41, 5.74) is 2.81. The fourth-order valence-electron chi connectivity index (χ4n) is 10.5. The maximum atomic E-state index is 13.4. The third-order valence-electron chi connectivity index (χ3n) is 14.1. The van der Waals surface area contributed by atoms with Gasteiger partial charge in [-0.1, -0.05) is 52.3 Å². The molecule has 1 aliphatic carbocycles. The standard InChI is InChI=1S/C52H68ClN11O7/c1-6-36-34-57-64-44(30-45(58-47(36)64)63-19-8-7-9-38(63)18-22-65)55-32-35-10-15-46(56-33-35)70-28-26-68-24-23-67-25-27-69-39-16-20-62(21-17-39)43-14-13-42(60-61-43)48(66)59-49-51(2,3)50(52(49,4)5)71-40-12-11-37(31-54)41(53)29-40/h10-15,29-30,33-34,38-39,49-50,55,65H,6-9,16-28,32H2,1-5H3,(H,59,66)/t38-,49-,50-/m0/s1. The maximum Gasteiger partial charge on any atom is 0.272 e. The van der Waals surface area contributed by atoms with Crippen molar-refractivity contribution in [3.8, 4) is 17.7 Å². The Morgan fingerprint density at radius 3 is 2.37 bits per heavy atom. The van der Waals surface area contributed by atoms with E-state index in [0.29, 0.717) is 68.4 Å². The minimum Gasteiger partial charge on any atom is -0.489 e. The van der Waals surface area contributed by atoms with Gasteiger partial charge in [-0.25, -0.2) is 9.97 Å². The van der Waals surface area contributed by atoms with Crippen molar-refractivity contribution in [2.24, 2.45) is 10.8 Å². The quantitative estimate of drug-likeness (QED) is 0.0560. The van der Waals surface area contributed by atoms with Crippen LogP contribution in [-0.2, 0) is 27.2 Å². The lowest BCUT2D eigenvalue weighted by Gasteiger charge is -2.63. The molecule has 380 valence electrons. The summed E-state index contributed by atoms with van der Waals surface area (Å²) in [6.45, 7) is 16.2. The van der Waals surface area contributed by atoms with Crippen LogP contribution in [0.15, 0.2) is 60.9 Å². The van der Waals surface area contributed by atoms with Crippen LogP contribution in [0.25, 0.3) is 5.65 Å². The zero-order valence-corrected chi connectivity index (χ0v) is 42.4. The number of anilines is 3. The van der Waals surface area contributed by atoms with Gasteiger partial charge in [-0.15, -0.1) is 10.2 Å². The van der Waals surface area contributed by atoms with E-state index in [1.165, 1.54) is 6.42 Å². The SMILES string of the molecule is CCc1cnn2c(NCc3ccc(OCCOCCOCCOC4CCN(c5ccc(C(=O)N[C@H]6C(C)(C)[C@H](Oc7ccc(C#N)c(Cl)c7)C6(C)C)nn5)CC4)nc3)cc(N3CCCC[C@H]3CCO)nc12. The molecule has 2 saturated heterocycles. The molecule has 3 fully saturated rings. The fraction of sp³-hybridized carbons (Fsp3) is 0.558. The summed E-state index contributed by atoms with van der Waals surface area (Å²) < 4.78 is 31.6. The molecule has 3 N–H and O–H groups in total. The molecule has 0 spiro atoms. The molecule has 5 aromatic rings. The van der Waals surface area contributed by atoms with E-state index < -0.39 is 10.8 Å². The maximum absolute atomic E-state index is 13.4. The monoisotopic (exact) mass is 993 g/mol. The van der Waals surface area contributed by atoms with Crippen molar-refractivity contribution >= 4 is 40.6 Å². The minimum atomic E-state index is -0.394. The van der Waals surface area contributed by atoms with Crippen LogP contribution in [-0.4, -0.2) is 131 Å². The zero-order valence-electron chi connectivity index (χ0n) is 41.6. The summed E-state index contributed by atoms with van der Waals surface area (Å²) in [4.78, 5) is 27.4. The molecule has 0 bridgehead atoms. The number of aliphatic hydroxyl groups is 1. The first-order valence-electron chi connectivity index (χ1n) is 25.0. The number of hydrogen-bond acceptors (Lipinski definition) is 16. The average Bonchev–Trinajstić information content (AvgIpc) is 3.81. The first-order chi connectivity index (χ1) is 34.4. The van der Waals surface area contributed by atoms with Gasteiger partial charge in [0.2, 0.25) is 5.88 Å². The number of nitrogens with zero attached hydrogens (tertiary/aromatic N) is 9. The number of hydrogen-bond donors (Lipinski definition) is 3. The van der Waals surface area contributed by atoms with Gasteiger partial charge in [-0.2, -0.15) is 14.9 Å². The lowest BCUT2D eigenvalue weighted by Crippen LogP contribution is -2.74. The van der Waals surface area contributed by atoms with Crippen molar-refractivity contribution < 1.29 is 33.6 Å². The van der Waals surface area contributed by atoms with Crippen molar-refractivity contribution in [2.45, 2.75) is 110 Å². The zero-order chi connectivity index (χ0) is 50.0. The Morgan fingerprint density at radius 2 is 1.68 bits per heavy atom. The fourth-order valence-corrected chi connectivity index (χ4v) is 10.7. The van der Waals surface area contributed by atoms with E-state index in [9.17, 15) is 15.2 Å². The summed E-state index contributed by atoms with van der Waals surface area (Å²) in [6, 6.07) is 16.7. The second-order valence-electron chi connectivity index (χ2n) is 19.7. The highest BCUT2D eigenvalue weighted by atomic mass is 35.5. The number of fused-ring (bicyclic) bond motifs is 1. The molecule has 71 heavy (non-hydrogen) atoms. The lowest BCUT2D eigenvalue weighted by atomic mass is 9.49. The molecular formula is C52H68ClN11O7. The second-order valence-corrected chi connectivity index (χ2v) is 20.1. The highest BCUT2D eigenvalue weighted by molar-refractivity contribution is 6.31. The first kappa shape index (κ1) is 51.5. The molecule has 1 saturated carbocycles. The third-order valence-corrected chi connectivity index (χ3v) is 14.4. The smallest absolute Gasteiger partial charge is 0.272 e. The van der Waals surface area contributed by atoms with Crippen molar-refractivity contribution in [3.63, 3.8) is 0 Å². The van der Waals surface area contributed by atoms with Crippen LogP contribution < -0.4 is 29.9 Å². The Bertz CT molecular complexity index is 2560. The Kier molecular flexibility index (Phi) is 17.1. The molecule has 4 aromatic heterocycles. The number of aromatic nitrogens is 6. The lowest BCUT2D eigenvalue weighted by molar-refractivity contribution is -0.164. The van der Waals surface area contributed by atoms with Gasteiger partial charge in [0.05, 0.1) is 55.9 Å². The van der Waals surface area contributed by atoms with Gasteiger partial charge in [0.1, 0.15) is 36.2 Å². The molecule has 18 nitrogen and oxygen atoms in total. The van der Waals surface area contributed by atoms with E-state index in [1.807, 2.05) is 35.1 Å². The Balaban J connectivity index is 0.673. The largest absolute Gasteiger partial charge is 0.489 e. The first-order valence-corrected chi connectivity index (χ1v) is 25.4. The number of aliphatic hydroxyl groups excluding tert-OH is 1. The number of nitriles is 1. The van der Waals surface area contributed by atoms with E-state index in [2.05, 4.69) is 87.5 Å². The van der Waals surface area contributed by atoms with Crippen LogP contribution in [0.4, 0.5) is 17.5 Å². The van der Waals surface area contributed by atoms with Crippen molar-refractivity contribution in [1.29, 1.82) is 5.26 Å². The van der Waals surface area contributed by atoms with Gasteiger partial charge in [0.25, 0.3) is 5.91 Å². The Morgan fingerprint density at radius 1 is 0.901 bits per heavy atom. The molecule has 2 aliphatic heterocycles. The van der Waals surface area contributed by atoms with Crippen LogP contribution in [0.2, 0.25) is 5.02 Å². The predicted octanol–water partition coefficient (Wildman–Crippen LogP) is 7.06. The van der Waals surface area contributed by atoms with Crippen LogP contribution in [0, 0.1) is 22.2 Å². The van der Waals surface area contributed by atoms with Crippen molar-refractivity contribution in [3.05, 3.63) is 88.3 Å². The predicted molar refractivity (Wildman–Crippen MR) is 270 cm³/mol. The van der Waals surface area contributed by atoms with E-state index in [4.69, 9.17) is 40.3 Å². The van der Waals surface area contributed by atoms with E-state index in [1.54, 1.807) is 24.3 Å². The Labute approximate surface area is 421 Å². The van der Waals surface area contributed by atoms with Gasteiger partial charge in [-0.05, 0) is 74.8 Å². The number of benzene rings is 1. The van der Waals surface area contributed by atoms with Crippen LogP contribution in [0.1, 0.15) is 100 Å². The average molecular weight is 995 g/mol. The van der Waals surface area contributed by atoms with Crippen molar-refractivity contribution in [1.82, 2.24) is 35.1 Å². The number of piperidine rings is 2. The number of carbonyl (C=O) groups is 1. The molecule has 1 aromatic carbocycles. The second kappa shape index (κ2) is 23.6. The van der Waals surface area contributed by atoms with Gasteiger partial charge in [0, 0.05) is 85.7 Å². The Hall–Kier alpha value is -5.84. The summed E-state index contributed by atoms with van der Waals surface area (Å²) in [6.07, 6.45) is 10.2. The number of nitrogens with one attached hydrogen (secondary N) is 2. The van der Waals surface area contributed by atoms with Gasteiger partial charge >= 0.3 is 0 Å². The van der Waals surface area contributed by atoms with Crippen LogP contribution in [0.5, 0.6) is 11.6 Å². The summed E-state index contributed by atoms with van der Waals surface area (Å²) >= 11 is 6.25. The summed E-state index contributed by atoms with van der Waals surface area (Å²) in [5.74, 6) is 3.33. The minimum absolute atomic E-state index is 0.129. The topological polar surface area (TPSA) is 207 Å². The number of pyridine rings is 1. The number of rotatable bonds is 23. The van der Waals surface area contributed by atoms with Gasteiger partial charge in [-0.3, -0.25) is 4.79 Å². The van der Waals surface area contributed by atoms with Crippen molar-refractivity contribution in [2.75, 3.05) is 81.0 Å². The number of aryl methyl sites for hydroxylation is 1. The third kappa shape index (κ3) is 12.3. The molecular weight excluding hydrogens is 926 g/mol. The normalized spacial score (nSPS) is 19.8. The number of ether oxygens (including phenoxy) is 5. The highest BCUT2D eigenvalue weighted by Gasteiger charge is 2.64. The molecule has 0 radical (unpaired) electrons. The highest BCUT2D eigenvalue weighted by Crippen LogP contribution is 2.55. The molecule has 8 rings (SSSR count). The summed E-state index contributed by atoms with van der Waals surface area (Å²) in [7, 11) is 0. The van der Waals surface area contributed by atoms with Gasteiger partial charge < -0.3 is 49.2 Å². The van der Waals surface area contributed by atoms with E-state index >= 15 is 0 Å². The molecule has 1 amide bonds. The molecule has 0 unspecified atom stereocenters. The van der Waals surface area contributed by atoms with Crippen LogP contribution >= 0.6 is 11.6 Å². The molecule has 3 aliphatic rings. The molecule has 19 heteroatoms. The molecule has 1 atom stereocenters. The van der Waals surface area contributed by atoms with Crippen LogP contribution in [0.3, 0.4) is 0 Å². The molecule has 6 heterocycles. The number of carbonyl (C=O) groups excluding carboxylic acids is 1. The van der Waals surface area contributed by atoms with Gasteiger partial charge in [0.15, 0.2) is 17.2 Å². The summed E-state index contributed by atoms with van der Waals surface area (Å²) in [5, 5.41) is 39.3. The van der Waals surface area contributed by atoms with E-state index in [0.717, 1.165) is 92.4 Å². The van der Waals surface area contributed by atoms with E-state index in [-0.39, 0.29) is 42.5 Å².